The van der Waals surface area contributed by atoms with Crippen molar-refractivity contribution >= 4 is 11.6 Å². The number of alkyl halides is 1. The minimum absolute atomic E-state index is 0.129. The minimum Gasteiger partial charge on any atom is -0.317 e. The maximum absolute atomic E-state index is 5.87. The Hall–Kier alpha value is 0.210. The highest BCUT2D eigenvalue weighted by Crippen LogP contribution is 1.94. The summed E-state index contributed by atoms with van der Waals surface area (Å²) in [7, 11) is 0. The van der Waals surface area contributed by atoms with Crippen LogP contribution in [0.1, 0.15) is 20.3 Å². The Morgan fingerprint density at radius 2 is 2.00 bits per heavy atom. The normalized spacial score (nSPS) is 13.5. The summed E-state index contributed by atoms with van der Waals surface area (Å²) in [6, 6.07) is 0. The van der Waals surface area contributed by atoms with Crippen LogP contribution in [0.4, 0.5) is 0 Å². The van der Waals surface area contributed by atoms with Crippen molar-refractivity contribution in [2.24, 2.45) is 0 Å². The van der Waals surface area contributed by atoms with E-state index in [0.29, 0.717) is 0 Å². The van der Waals surface area contributed by atoms with Crippen LogP contribution in [0.25, 0.3) is 0 Å². The average Bonchev–Trinajstić information content (AvgIpc) is 1.89. The van der Waals surface area contributed by atoms with E-state index in [4.69, 9.17) is 11.6 Å². The zero-order valence-corrected chi connectivity index (χ0v) is 7.54. The summed E-state index contributed by atoms with van der Waals surface area (Å²) in [6.07, 6.45) is 0.989. The lowest BCUT2D eigenvalue weighted by atomic mass is 10.4. The molecule has 0 aliphatic carbocycles. The van der Waals surface area contributed by atoms with Crippen LogP contribution in [0.5, 0.6) is 0 Å². The fourth-order valence-corrected chi connectivity index (χ4v) is 0.993. The third-order valence-electron chi connectivity index (χ3n) is 1.25. The number of hydrogen-bond acceptors (Lipinski definition) is 2. The van der Waals surface area contributed by atoms with Gasteiger partial charge in [-0.2, -0.15) is 0 Å². The molecular formula is C7H17ClN2. The molecule has 0 rings (SSSR count). The summed E-state index contributed by atoms with van der Waals surface area (Å²) < 4.78 is 0. The quantitative estimate of drug-likeness (QED) is 0.350. The molecule has 2 nitrogen and oxygen atoms in total. The van der Waals surface area contributed by atoms with E-state index < -0.39 is 0 Å². The summed E-state index contributed by atoms with van der Waals surface area (Å²) in [5, 5.41) is 6.34. The van der Waals surface area contributed by atoms with E-state index in [0.717, 1.165) is 26.1 Å². The van der Waals surface area contributed by atoms with Gasteiger partial charge in [-0.05, 0) is 26.1 Å². The zero-order valence-electron chi connectivity index (χ0n) is 6.78. The van der Waals surface area contributed by atoms with Crippen molar-refractivity contribution in [3.63, 3.8) is 0 Å². The molecule has 1 unspecified atom stereocenters. The molecule has 1 atom stereocenters. The maximum Gasteiger partial charge on any atom is 0.0837 e. The van der Waals surface area contributed by atoms with Gasteiger partial charge in [-0.1, -0.05) is 13.8 Å². The Morgan fingerprint density at radius 3 is 2.50 bits per heavy atom. The van der Waals surface area contributed by atoms with Crippen molar-refractivity contribution in [3.05, 3.63) is 0 Å². The van der Waals surface area contributed by atoms with E-state index in [1.54, 1.807) is 0 Å². The van der Waals surface area contributed by atoms with Crippen LogP contribution < -0.4 is 10.6 Å². The molecule has 0 aromatic carbocycles. The van der Waals surface area contributed by atoms with Gasteiger partial charge >= 0.3 is 0 Å². The predicted molar refractivity (Wildman–Crippen MR) is 46.5 cm³/mol. The SMILES string of the molecule is CCNCCC(Cl)NCC. The lowest BCUT2D eigenvalue weighted by Gasteiger charge is -2.09. The van der Waals surface area contributed by atoms with E-state index in [1.165, 1.54) is 0 Å². The number of halogens is 1. The highest BCUT2D eigenvalue weighted by atomic mass is 35.5. The standard InChI is InChI=1S/C7H17ClN2/c1-3-9-6-5-7(8)10-4-2/h7,9-10H,3-6H2,1-2H3. The van der Waals surface area contributed by atoms with Crippen LogP contribution in [0.3, 0.4) is 0 Å². The molecule has 2 N–H and O–H groups in total. The van der Waals surface area contributed by atoms with Gasteiger partial charge in [0.15, 0.2) is 0 Å². The molecule has 0 aliphatic rings. The van der Waals surface area contributed by atoms with Gasteiger partial charge in [-0.25, -0.2) is 0 Å². The summed E-state index contributed by atoms with van der Waals surface area (Å²) in [5.74, 6) is 0. The molecule has 0 bridgehead atoms. The van der Waals surface area contributed by atoms with Gasteiger partial charge in [0.05, 0.1) is 5.50 Å². The lowest BCUT2D eigenvalue weighted by molar-refractivity contribution is 0.582. The van der Waals surface area contributed by atoms with Crippen molar-refractivity contribution in [2.75, 3.05) is 19.6 Å². The van der Waals surface area contributed by atoms with Crippen molar-refractivity contribution < 1.29 is 0 Å². The Labute approximate surface area is 68.3 Å². The van der Waals surface area contributed by atoms with Gasteiger partial charge in [0.25, 0.3) is 0 Å². The van der Waals surface area contributed by atoms with Crippen LogP contribution in [-0.4, -0.2) is 25.1 Å². The van der Waals surface area contributed by atoms with Gasteiger partial charge in [0.1, 0.15) is 0 Å². The molecule has 0 spiro atoms. The van der Waals surface area contributed by atoms with Crippen LogP contribution in [0, 0.1) is 0 Å². The van der Waals surface area contributed by atoms with Gasteiger partial charge in [0.2, 0.25) is 0 Å². The van der Waals surface area contributed by atoms with Crippen LogP contribution in [0.2, 0.25) is 0 Å². The molecule has 0 aromatic heterocycles. The van der Waals surface area contributed by atoms with Gasteiger partial charge < -0.3 is 10.6 Å². The van der Waals surface area contributed by atoms with Gasteiger partial charge in [-0.15, -0.1) is 11.6 Å². The summed E-state index contributed by atoms with van der Waals surface area (Å²) in [4.78, 5) is 0. The number of hydrogen-bond donors (Lipinski definition) is 2. The first-order valence-corrected chi connectivity index (χ1v) is 4.33. The number of nitrogens with one attached hydrogen (secondary N) is 2. The van der Waals surface area contributed by atoms with Crippen molar-refractivity contribution in [2.45, 2.75) is 25.8 Å². The molecule has 10 heavy (non-hydrogen) atoms. The van der Waals surface area contributed by atoms with E-state index in [2.05, 4.69) is 24.5 Å². The van der Waals surface area contributed by atoms with Crippen LogP contribution >= 0.6 is 11.6 Å². The molecule has 0 aromatic rings. The van der Waals surface area contributed by atoms with Crippen molar-refractivity contribution in [1.29, 1.82) is 0 Å². The van der Waals surface area contributed by atoms with Crippen LogP contribution in [0.15, 0.2) is 0 Å². The molecule has 0 saturated heterocycles. The van der Waals surface area contributed by atoms with Crippen molar-refractivity contribution in [1.82, 2.24) is 10.6 Å². The third kappa shape index (κ3) is 6.33. The third-order valence-corrected chi connectivity index (χ3v) is 1.62. The molecule has 0 aliphatic heterocycles. The monoisotopic (exact) mass is 164 g/mol. The smallest absolute Gasteiger partial charge is 0.0837 e. The first-order chi connectivity index (χ1) is 4.81. The first-order valence-electron chi connectivity index (χ1n) is 3.89. The molecule has 0 saturated carbocycles. The molecule has 0 heterocycles. The predicted octanol–water partition coefficient (Wildman–Crippen LogP) is 1.16. The highest BCUT2D eigenvalue weighted by molar-refractivity contribution is 6.20. The second-order valence-electron chi connectivity index (χ2n) is 2.17. The summed E-state index contributed by atoms with van der Waals surface area (Å²) in [5.41, 5.74) is 0.129. The molecule has 62 valence electrons. The van der Waals surface area contributed by atoms with Gasteiger partial charge in [-0.3, -0.25) is 0 Å². The number of rotatable bonds is 6. The Kier molecular flexibility index (Phi) is 7.47. The molecule has 0 radical (unpaired) electrons. The topological polar surface area (TPSA) is 24.1 Å². The minimum atomic E-state index is 0.129. The largest absolute Gasteiger partial charge is 0.317 e. The highest BCUT2D eigenvalue weighted by Gasteiger charge is 1.98. The lowest BCUT2D eigenvalue weighted by Crippen LogP contribution is -2.27. The Morgan fingerprint density at radius 1 is 1.30 bits per heavy atom. The van der Waals surface area contributed by atoms with E-state index in [-0.39, 0.29) is 5.50 Å². The molecular weight excluding hydrogens is 148 g/mol. The van der Waals surface area contributed by atoms with Gasteiger partial charge in [0, 0.05) is 0 Å². The maximum atomic E-state index is 5.87. The second-order valence-corrected chi connectivity index (χ2v) is 2.69. The second kappa shape index (κ2) is 7.32. The van der Waals surface area contributed by atoms with Crippen LogP contribution in [-0.2, 0) is 0 Å². The average molecular weight is 165 g/mol. The van der Waals surface area contributed by atoms with Crippen molar-refractivity contribution in [3.8, 4) is 0 Å². The Balaban J connectivity index is 2.97. The van der Waals surface area contributed by atoms with E-state index >= 15 is 0 Å². The fraction of sp³-hybridized carbons (Fsp3) is 1.00. The fourth-order valence-electron chi connectivity index (χ4n) is 0.729. The van der Waals surface area contributed by atoms with E-state index in [1.807, 2.05) is 0 Å². The zero-order chi connectivity index (χ0) is 7.82. The molecule has 0 amide bonds. The van der Waals surface area contributed by atoms with E-state index in [9.17, 15) is 0 Å². The molecule has 0 fully saturated rings. The summed E-state index contributed by atoms with van der Waals surface area (Å²) in [6.45, 7) is 7.12. The Bertz CT molecular complexity index is 68.6. The molecule has 3 heteroatoms. The summed E-state index contributed by atoms with van der Waals surface area (Å²) >= 11 is 5.87. The first kappa shape index (κ1) is 10.2.